The molecule has 0 bridgehead atoms. The number of aliphatic hydroxyl groups excluding tert-OH is 1. The third kappa shape index (κ3) is 4.22. The van der Waals surface area contributed by atoms with Crippen LogP contribution in [0.4, 0.5) is 20.2 Å². The van der Waals surface area contributed by atoms with Gasteiger partial charge in [0.2, 0.25) is 0 Å². The Morgan fingerprint density at radius 3 is 2.67 bits per heavy atom. The second-order valence-electron chi connectivity index (χ2n) is 6.37. The Morgan fingerprint density at radius 2 is 1.93 bits per heavy atom. The van der Waals surface area contributed by atoms with E-state index in [1.165, 1.54) is 0 Å². The van der Waals surface area contributed by atoms with E-state index >= 15 is 0 Å². The summed E-state index contributed by atoms with van der Waals surface area (Å²) in [6, 6.07) is 8.34. The summed E-state index contributed by atoms with van der Waals surface area (Å²) in [4.78, 5) is 25.8. The summed E-state index contributed by atoms with van der Waals surface area (Å²) in [6.45, 7) is 0.758. The second-order valence-corrected chi connectivity index (χ2v) is 6.37. The number of anilines is 2. The molecule has 0 saturated carbocycles. The summed E-state index contributed by atoms with van der Waals surface area (Å²) in [5, 5.41) is 14.7. The monoisotopic (exact) mass is 375 g/mol. The fourth-order valence-corrected chi connectivity index (χ4v) is 2.94. The number of carbonyl (C=O) groups is 2. The van der Waals surface area contributed by atoms with Crippen molar-refractivity contribution in [3.05, 3.63) is 59.2 Å². The van der Waals surface area contributed by atoms with Gasteiger partial charge in [-0.25, -0.2) is 8.78 Å². The van der Waals surface area contributed by atoms with Crippen LogP contribution in [0.5, 0.6) is 0 Å². The quantitative estimate of drug-likeness (QED) is 0.711. The van der Waals surface area contributed by atoms with Crippen LogP contribution in [0, 0.1) is 11.6 Å². The molecule has 0 radical (unpaired) electrons. The average molecular weight is 375 g/mol. The van der Waals surface area contributed by atoms with Gasteiger partial charge in [-0.3, -0.25) is 9.59 Å². The van der Waals surface area contributed by atoms with E-state index < -0.39 is 29.6 Å². The topological polar surface area (TPSA) is 81.7 Å². The number of nitrogens with one attached hydrogen (secondary N) is 2. The molecule has 2 aromatic carbocycles. The number of hydrogen-bond acceptors (Lipinski definition) is 4. The number of halogens is 2. The highest BCUT2D eigenvalue weighted by Gasteiger charge is 2.20. The fourth-order valence-electron chi connectivity index (χ4n) is 2.94. The largest absolute Gasteiger partial charge is 0.387 e. The van der Waals surface area contributed by atoms with Gasteiger partial charge in [-0.15, -0.1) is 0 Å². The second kappa shape index (κ2) is 7.71. The van der Waals surface area contributed by atoms with Crippen molar-refractivity contribution in [3.63, 3.8) is 0 Å². The van der Waals surface area contributed by atoms with Gasteiger partial charge in [0.1, 0.15) is 0 Å². The van der Waals surface area contributed by atoms with Crippen LogP contribution in [-0.2, 0) is 16.0 Å². The van der Waals surface area contributed by atoms with Crippen LogP contribution < -0.4 is 15.5 Å². The molecule has 3 rings (SSSR count). The first kappa shape index (κ1) is 18.8. The first-order chi connectivity index (χ1) is 12.8. The van der Waals surface area contributed by atoms with Crippen LogP contribution in [0.1, 0.15) is 17.2 Å². The molecule has 1 heterocycles. The maximum Gasteiger partial charge on any atom is 0.313 e. The van der Waals surface area contributed by atoms with Crippen molar-refractivity contribution in [2.24, 2.45) is 0 Å². The Kier molecular flexibility index (Phi) is 5.36. The molecule has 1 aliphatic rings. The number of aliphatic hydroxyl groups is 1. The third-order valence-corrected chi connectivity index (χ3v) is 4.46. The van der Waals surface area contributed by atoms with Gasteiger partial charge in [-0.2, -0.15) is 0 Å². The lowest BCUT2D eigenvalue weighted by molar-refractivity contribution is -0.136. The van der Waals surface area contributed by atoms with Gasteiger partial charge in [0.05, 0.1) is 6.10 Å². The Bertz CT molecular complexity index is 888. The van der Waals surface area contributed by atoms with Crippen LogP contribution in [0.15, 0.2) is 36.4 Å². The lowest BCUT2D eigenvalue weighted by Gasteiger charge is -2.15. The van der Waals surface area contributed by atoms with Crippen LogP contribution in [0.2, 0.25) is 0 Å². The van der Waals surface area contributed by atoms with Crippen molar-refractivity contribution < 1.29 is 23.5 Å². The summed E-state index contributed by atoms with van der Waals surface area (Å²) in [6.07, 6.45) is -0.0868. The van der Waals surface area contributed by atoms with E-state index in [2.05, 4.69) is 15.5 Å². The maximum absolute atomic E-state index is 13.1. The lowest BCUT2D eigenvalue weighted by atomic mass is 10.0. The standard InChI is InChI=1S/C19H19F2N3O3/c1-24-7-6-11-8-12(2-5-16(11)24)17(25)10-22-18(26)19(27)23-13-3-4-14(20)15(21)9-13/h2-5,8-9,17,25H,6-7,10H2,1H3,(H,22,26)(H,23,27). The number of rotatable bonds is 4. The molecule has 1 atom stereocenters. The van der Waals surface area contributed by atoms with E-state index in [-0.39, 0.29) is 12.2 Å². The van der Waals surface area contributed by atoms with Crippen LogP contribution in [-0.4, -0.2) is 37.1 Å². The van der Waals surface area contributed by atoms with Crippen molar-refractivity contribution in [2.45, 2.75) is 12.5 Å². The van der Waals surface area contributed by atoms with Crippen molar-refractivity contribution in [1.29, 1.82) is 0 Å². The van der Waals surface area contributed by atoms with Crippen molar-refractivity contribution in [2.75, 3.05) is 30.4 Å². The van der Waals surface area contributed by atoms with Crippen LogP contribution in [0.3, 0.4) is 0 Å². The Hall–Kier alpha value is -3.00. The van der Waals surface area contributed by atoms with Gasteiger partial charge in [-0.1, -0.05) is 12.1 Å². The molecule has 0 fully saturated rings. The zero-order valence-electron chi connectivity index (χ0n) is 14.6. The first-order valence-corrected chi connectivity index (χ1v) is 8.41. The molecule has 2 aromatic rings. The van der Waals surface area contributed by atoms with Crippen LogP contribution in [0.25, 0.3) is 0 Å². The highest BCUT2D eigenvalue weighted by molar-refractivity contribution is 6.39. The van der Waals surface area contributed by atoms with E-state index in [9.17, 15) is 23.5 Å². The molecule has 6 nitrogen and oxygen atoms in total. The molecule has 3 N–H and O–H groups in total. The number of amides is 2. The first-order valence-electron chi connectivity index (χ1n) is 8.41. The van der Waals surface area contributed by atoms with E-state index in [1.807, 2.05) is 19.2 Å². The van der Waals surface area contributed by atoms with E-state index in [0.29, 0.717) is 5.56 Å². The number of benzene rings is 2. The highest BCUT2D eigenvalue weighted by Crippen LogP contribution is 2.29. The van der Waals surface area contributed by atoms with Crippen molar-refractivity contribution in [1.82, 2.24) is 5.32 Å². The molecule has 8 heteroatoms. The number of nitrogens with zero attached hydrogens (tertiary/aromatic N) is 1. The minimum atomic E-state index is -1.13. The number of hydrogen-bond donors (Lipinski definition) is 3. The Balaban J connectivity index is 1.55. The van der Waals surface area contributed by atoms with Crippen molar-refractivity contribution in [3.8, 4) is 0 Å². The normalized spacial score (nSPS) is 13.9. The van der Waals surface area contributed by atoms with E-state index in [0.717, 1.165) is 42.4 Å². The molecule has 1 unspecified atom stereocenters. The predicted octanol–water partition coefficient (Wildman–Crippen LogP) is 1.75. The summed E-state index contributed by atoms with van der Waals surface area (Å²) in [5.74, 6) is -4.21. The third-order valence-electron chi connectivity index (χ3n) is 4.46. The summed E-state index contributed by atoms with van der Waals surface area (Å²) < 4.78 is 26.0. The van der Waals surface area contributed by atoms with Gasteiger partial charge in [-0.05, 0) is 35.7 Å². The molecular weight excluding hydrogens is 356 g/mol. The Labute approximate surface area is 154 Å². The molecule has 27 heavy (non-hydrogen) atoms. The number of likely N-dealkylation sites (N-methyl/N-ethyl adjacent to an activating group) is 1. The molecule has 2 amide bonds. The summed E-state index contributed by atoms with van der Waals surface area (Å²) >= 11 is 0. The highest BCUT2D eigenvalue weighted by atomic mass is 19.2. The Morgan fingerprint density at radius 1 is 1.15 bits per heavy atom. The van der Waals surface area contributed by atoms with Gasteiger partial charge in [0.15, 0.2) is 11.6 Å². The fraction of sp³-hybridized carbons (Fsp3) is 0.263. The van der Waals surface area contributed by atoms with Gasteiger partial charge in [0.25, 0.3) is 0 Å². The zero-order valence-corrected chi connectivity index (χ0v) is 14.6. The van der Waals surface area contributed by atoms with Gasteiger partial charge >= 0.3 is 11.8 Å². The molecule has 0 spiro atoms. The molecule has 142 valence electrons. The smallest absolute Gasteiger partial charge is 0.313 e. The van der Waals surface area contributed by atoms with Gasteiger partial charge in [0, 0.05) is 37.6 Å². The number of carbonyl (C=O) groups excluding carboxylic acids is 2. The van der Waals surface area contributed by atoms with Crippen molar-refractivity contribution >= 4 is 23.2 Å². The van der Waals surface area contributed by atoms with Gasteiger partial charge < -0.3 is 20.6 Å². The molecular formula is C19H19F2N3O3. The lowest BCUT2D eigenvalue weighted by Crippen LogP contribution is -2.37. The molecule has 0 saturated heterocycles. The average Bonchev–Trinajstić information content (AvgIpc) is 3.02. The number of fused-ring (bicyclic) bond motifs is 1. The molecule has 0 aliphatic carbocycles. The minimum absolute atomic E-state index is 0.0441. The predicted molar refractivity (Wildman–Crippen MR) is 96.4 cm³/mol. The summed E-state index contributed by atoms with van der Waals surface area (Å²) in [7, 11) is 1.99. The molecule has 0 aromatic heterocycles. The van der Waals surface area contributed by atoms with Crippen LogP contribution >= 0.6 is 0 Å². The van der Waals surface area contributed by atoms with E-state index in [4.69, 9.17) is 0 Å². The minimum Gasteiger partial charge on any atom is -0.387 e. The summed E-state index contributed by atoms with van der Waals surface area (Å²) in [5.41, 5.74) is 2.83. The molecule has 1 aliphatic heterocycles. The zero-order chi connectivity index (χ0) is 19.6. The van der Waals surface area contributed by atoms with E-state index in [1.54, 1.807) is 6.07 Å². The SMILES string of the molecule is CN1CCc2cc(C(O)CNC(=O)C(=O)Nc3ccc(F)c(F)c3)ccc21. The maximum atomic E-state index is 13.1.